The Labute approximate surface area is 201 Å². The Kier molecular flexibility index (Phi) is 6.10. The van der Waals surface area contributed by atoms with E-state index in [2.05, 4.69) is 19.7 Å². The molecule has 0 saturated heterocycles. The van der Waals surface area contributed by atoms with Crippen LogP contribution < -0.4 is 9.47 Å². The molecule has 0 radical (unpaired) electrons. The zero-order valence-corrected chi connectivity index (χ0v) is 20.1. The van der Waals surface area contributed by atoms with Gasteiger partial charge in [0, 0.05) is 48.0 Å². The van der Waals surface area contributed by atoms with Crippen LogP contribution in [0.3, 0.4) is 0 Å². The number of Topliss-reactive ketones (excluding diaryl/α,β-unsaturated/α-hetero) is 1. The van der Waals surface area contributed by atoms with Crippen molar-refractivity contribution in [2.24, 2.45) is 0 Å². The smallest absolute Gasteiger partial charge is 0.231 e. The Bertz CT molecular complexity index is 1350. The summed E-state index contributed by atoms with van der Waals surface area (Å²) < 4.78 is 15.1. The minimum atomic E-state index is 0.0751. The van der Waals surface area contributed by atoms with Gasteiger partial charge in [-0.2, -0.15) is 0 Å². The maximum absolute atomic E-state index is 13.2. The standard InChI is InChI=1S/C25H25N5O3S/c1-4-29-24(19-7-9-26-10-8-19)27-28-25(29)34-14-21(31)20-11-16(2)30(17(20)3)13-18-5-6-22-23(12-18)33-15-32-22/h5-12H,4,13-15H2,1-3H3. The van der Waals surface area contributed by atoms with E-state index in [4.69, 9.17) is 9.47 Å². The fraction of sp³-hybridized carbons (Fsp3) is 0.280. The summed E-state index contributed by atoms with van der Waals surface area (Å²) in [5, 5.41) is 9.41. The number of aryl methyl sites for hydroxylation is 1. The monoisotopic (exact) mass is 475 g/mol. The molecule has 4 heterocycles. The Morgan fingerprint density at radius 2 is 1.82 bits per heavy atom. The van der Waals surface area contributed by atoms with E-state index >= 15 is 0 Å². The SMILES string of the molecule is CCn1c(SCC(=O)c2cc(C)n(Cc3ccc4c(c3)OCO4)c2C)nnc1-c1ccncc1. The van der Waals surface area contributed by atoms with E-state index in [1.54, 1.807) is 12.4 Å². The van der Waals surface area contributed by atoms with E-state index in [9.17, 15) is 4.79 Å². The number of hydrogen-bond donors (Lipinski definition) is 0. The molecule has 0 N–H and O–H groups in total. The van der Waals surface area contributed by atoms with Gasteiger partial charge in [-0.25, -0.2) is 0 Å². The van der Waals surface area contributed by atoms with Crippen molar-refractivity contribution in [2.75, 3.05) is 12.5 Å². The van der Waals surface area contributed by atoms with Gasteiger partial charge in [0.2, 0.25) is 6.79 Å². The maximum atomic E-state index is 13.2. The van der Waals surface area contributed by atoms with Crippen LogP contribution in [0.2, 0.25) is 0 Å². The minimum Gasteiger partial charge on any atom is -0.454 e. The number of rotatable bonds is 8. The molecule has 1 aliphatic rings. The van der Waals surface area contributed by atoms with E-state index in [1.165, 1.54) is 11.8 Å². The number of aromatic nitrogens is 5. The molecule has 0 saturated carbocycles. The lowest BCUT2D eigenvalue weighted by Gasteiger charge is -2.11. The lowest BCUT2D eigenvalue weighted by atomic mass is 10.1. The fourth-order valence-corrected chi connectivity index (χ4v) is 5.04. The average molecular weight is 476 g/mol. The first-order valence-electron chi connectivity index (χ1n) is 11.1. The normalized spacial score (nSPS) is 12.3. The largest absolute Gasteiger partial charge is 0.454 e. The molecule has 34 heavy (non-hydrogen) atoms. The third kappa shape index (κ3) is 4.19. The van der Waals surface area contributed by atoms with Gasteiger partial charge in [0.15, 0.2) is 28.3 Å². The minimum absolute atomic E-state index is 0.0751. The van der Waals surface area contributed by atoms with Gasteiger partial charge in [0.05, 0.1) is 5.75 Å². The van der Waals surface area contributed by atoms with Crippen LogP contribution in [0.25, 0.3) is 11.4 Å². The molecule has 3 aromatic heterocycles. The molecule has 0 atom stereocenters. The number of hydrogen-bond acceptors (Lipinski definition) is 7. The molecule has 4 aromatic rings. The quantitative estimate of drug-likeness (QED) is 0.273. The average Bonchev–Trinajstić information content (AvgIpc) is 3.56. The van der Waals surface area contributed by atoms with Crippen molar-refractivity contribution in [3.8, 4) is 22.9 Å². The van der Waals surface area contributed by atoms with E-state index in [1.807, 2.05) is 61.7 Å². The summed E-state index contributed by atoms with van der Waals surface area (Å²) in [6.07, 6.45) is 3.47. The lowest BCUT2D eigenvalue weighted by molar-refractivity contribution is 0.102. The molecule has 8 nitrogen and oxygen atoms in total. The first-order chi connectivity index (χ1) is 16.5. The first kappa shape index (κ1) is 22.2. The van der Waals surface area contributed by atoms with Crippen LogP contribution in [0.15, 0.2) is 53.9 Å². The number of thioether (sulfide) groups is 1. The molecule has 0 fully saturated rings. The molecule has 0 unspecified atom stereocenters. The molecule has 0 aliphatic carbocycles. The third-order valence-electron chi connectivity index (χ3n) is 5.96. The van der Waals surface area contributed by atoms with Crippen LogP contribution in [0.5, 0.6) is 11.5 Å². The number of ketones is 1. The summed E-state index contributed by atoms with van der Waals surface area (Å²) in [4.78, 5) is 17.2. The molecule has 1 aliphatic heterocycles. The van der Waals surface area contributed by atoms with Gasteiger partial charge in [-0.15, -0.1) is 10.2 Å². The van der Waals surface area contributed by atoms with Gasteiger partial charge in [-0.1, -0.05) is 17.8 Å². The Hall–Kier alpha value is -3.59. The topological polar surface area (TPSA) is 84.1 Å². The Morgan fingerprint density at radius 3 is 2.62 bits per heavy atom. The predicted molar refractivity (Wildman–Crippen MR) is 130 cm³/mol. The Morgan fingerprint density at radius 1 is 1.03 bits per heavy atom. The number of fused-ring (bicyclic) bond motifs is 1. The molecular formula is C25H25N5O3S. The van der Waals surface area contributed by atoms with Crippen molar-refractivity contribution in [1.82, 2.24) is 24.3 Å². The van der Waals surface area contributed by atoms with E-state index in [0.717, 1.165) is 50.6 Å². The zero-order chi connectivity index (χ0) is 23.7. The molecule has 5 rings (SSSR count). The molecule has 0 amide bonds. The van der Waals surface area contributed by atoms with Crippen LogP contribution >= 0.6 is 11.8 Å². The van der Waals surface area contributed by atoms with Crippen molar-refractivity contribution in [1.29, 1.82) is 0 Å². The number of pyridine rings is 1. The van der Waals surface area contributed by atoms with Crippen LogP contribution in [0.4, 0.5) is 0 Å². The zero-order valence-electron chi connectivity index (χ0n) is 19.3. The summed E-state index contributed by atoms with van der Waals surface area (Å²) in [7, 11) is 0. The van der Waals surface area contributed by atoms with Crippen molar-refractivity contribution in [3.05, 3.63) is 71.3 Å². The summed E-state index contributed by atoms with van der Waals surface area (Å²) >= 11 is 1.42. The molecular weight excluding hydrogens is 450 g/mol. The lowest BCUT2D eigenvalue weighted by Crippen LogP contribution is -2.08. The van der Waals surface area contributed by atoms with Crippen LogP contribution in [0.1, 0.15) is 34.2 Å². The van der Waals surface area contributed by atoms with Crippen molar-refractivity contribution < 1.29 is 14.3 Å². The van der Waals surface area contributed by atoms with Gasteiger partial charge < -0.3 is 18.6 Å². The van der Waals surface area contributed by atoms with E-state index < -0.39 is 0 Å². The number of nitrogens with zero attached hydrogens (tertiary/aromatic N) is 5. The van der Waals surface area contributed by atoms with Gasteiger partial charge in [0.1, 0.15) is 0 Å². The van der Waals surface area contributed by atoms with Crippen LogP contribution in [-0.4, -0.2) is 42.6 Å². The van der Waals surface area contributed by atoms with Crippen molar-refractivity contribution >= 4 is 17.5 Å². The molecule has 174 valence electrons. The van der Waals surface area contributed by atoms with Gasteiger partial charge >= 0.3 is 0 Å². The molecule has 0 spiro atoms. The highest BCUT2D eigenvalue weighted by Crippen LogP contribution is 2.33. The highest BCUT2D eigenvalue weighted by atomic mass is 32.2. The predicted octanol–water partition coefficient (Wildman–Crippen LogP) is 4.53. The molecule has 1 aromatic carbocycles. The second kappa shape index (κ2) is 9.34. The summed E-state index contributed by atoms with van der Waals surface area (Å²) in [6, 6.07) is 11.7. The maximum Gasteiger partial charge on any atom is 0.231 e. The van der Waals surface area contributed by atoms with Gasteiger partial charge in [-0.3, -0.25) is 9.78 Å². The summed E-state index contributed by atoms with van der Waals surface area (Å²) in [5.74, 6) is 2.68. The number of benzene rings is 1. The molecule has 0 bridgehead atoms. The first-order valence-corrected chi connectivity index (χ1v) is 12.1. The summed E-state index contributed by atoms with van der Waals surface area (Å²) in [5.41, 5.74) is 4.78. The summed E-state index contributed by atoms with van der Waals surface area (Å²) in [6.45, 7) is 7.70. The van der Waals surface area contributed by atoms with E-state index in [0.29, 0.717) is 18.8 Å². The highest BCUT2D eigenvalue weighted by Gasteiger charge is 2.20. The van der Waals surface area contributed by atoms with E-state index in [-0.39, 0.29) is 12.6 Å². The van der Waals surface area contributed by atoms with Crippen molar-refractivity contribution in [2.45, 2.75) is 39.0 Å². The van der Waals surface area contributed by atoms with Crippen LogP contribution in [0, 0.1) is 13.8 Å². The molecule has 9 heteroatoms. The van der Waals surface area contributed by atoms with Crippen LogP contribution in [-0.2, 0) is 13.1 Å². The number of carbonyl (C=O) groups is 1. The third-order valence-corrected chi connectivity index (χ3v) is 6.92. The van der Waals surface area contributed by atoms with Gasteiger partial charge in [0.25, 0.3) is 0 Å². The second-order valence-electron chi connectivity index (χ2n) is 8.06. The second-order valence-corrected chi connectivity index (χ2v) is 9.00. The fourth-order valence-electron chi connectivity index (χ4n) is 4.15. The van der Waals surface area contributed by atoms with Crippen molar-refractivity contribution in [3.63, 3.8) is 0 Å². The Balaban J connectivity index is 1.31. The highest BCUT2D eigenvalue weighted by molar-refractivity contribution is 7.99. The number of carbonyl (C=O) groups excluding carboxylic acids is 1. The number of ether oxygens (including phenoxy) is 2. The van der Waals surface area contributed by atoms with Gasteiger partial charge in [-0.05, 0) is 56.7 Å².